The Hall–Kier alpha value is -2.05. The maximum absolute atomic E-state index is 11.7. The first-order valence-electron chi connectivity index (χ1n) is 4.67. The van der Waals surface area contributed by atoms with Crippen LogP contribution in [-0.2, 0) is 0 Å². The first kappa shape index (κ1) is 12.0. The molecule has 0 radical (unpaired) electrons. The highest BCUT2D eigenvalue weighted by Gasteiger charge is 2.20. The predicted octanol–water partition coefficient (Wildman–Crippen LogP) is -0.0796. The summed E-state index contributed by atoms with van der Waals surface area (Å²) in [5.74, 6) is -0.825. The van der Waals surface area contributed by atoms with Crippen molar-refractivity contribution in [3.05, 3.63) is 12.0 Å². The number of carbonyl (C=O) groups is 2. The summed E-state index contributed by atoms with van der Waals surface area (Å²) in [6.45, 7) is 5.48. The highest BCUT2D eigenvalue weighted by Crippen LogP contribution is 2.09. The minimum atomic E-state index is -0.764. The summed E-state index contributed by atoms with van der Waals surface area (Å²) < 4.78 is 1.05. The van der Waals surface area contributed by atoms with Crippen molar-refractivity contribution in [3.8, 4) is 0 Å². The molecule has 1 aromatic rings. The van der Waals surface area contributed by atoms with Gasteiger partial charge in [-0.3, -0.25) is 4.79 Å². The van der Waals surface area contributed by atoms with Gasteiger partial charge in [-0.15, -0.1) is 0 Å². The molecule has 0 aliphatic rings. The highest BCUT2D eigenvalue weighted by molar-refractivity contribution is 5.97. The topological polar surface area (TPSA) is 116 Å². The molecule has 0 bridgehead atoms. The SMILES string of the molecule is CC(C)(C)NC(=O)n1cnc(C(N)=O)c1N. The molecule has 0 unspecified atom stereocenters. The van der Waals surface area contributed by atoms with Crippen LogP contribution in [0.3, 0.4) is 0 Å². The van der Waals surface area contributed by atoms with Gasteiger partial charge in [0.05, 0.1) is 0 Å². The second-order valence-electron chi connectivity index (χ2n) is 4.39. The Morgan fingerprint density at radius 2 is 2.00 bits per heavy atom. The predicted molar refractivity (Wildman–Crippen MR) is 58.8 cm³/mol. The zero-order chi connectivity index (χ0) is 12.5. The fraction of sp³-hybridized carbons (Fsp3) is 0.444. The number of primary amides is 1. The van der Waals surface area contributed by atoms with Crippen molar-refractivity contribution in [2.75, 3.05) is 5.73 Å². The summed E-state index contributed by atoms with van der Waals surface area (Å²) in [5.41, 5.74) is 10.1. The van der Waals surface area contributed by atoms with Crippen molar-refractivity contribution in [2.24, 2.45) is 5.73 Å². The number of nitrogens with zero attached hydrogens (tertiary/aromatic N) is 2. The van der Waals surface area contributed by atoms with Crippen LogP contribution < -0.4 is 16.8 Å². The van der Waals surface area contributed by atoms with Crippen molar-refractivity contribution in [2.45, 2.75) is 26.3 Å². The monoisotopic (exact) mass is 225 g/mol. The van der Waals surface area contributed by atoms with Crippen molar-refractivity contribution < 1.29 is 9.59 Å². The molecule has 0 aliphatic heterocycles. The Balaban J connectivity index is 2.98. The summed E-state index contributed by atoms with van der Waals surface area (Å²) >= 11 is 0. The van der Waals surface area contributed by atoms with E-state index in [2.05, 4.69) is 10.3 Å². The molecule has 0 spiro atoms. The Bertz CT molecular complexity index is 430. The molecule has 2 amide bonds. The molecule has 1 aromatic heterocycles. The molecule has 7 nitrogen and oxygen atoms in total. The zero-order valence-electron chi connectivity index (χ0n) is 9.44. The molecule has 0 saturated heterocycles. The lowest BCUT2D eigenvalue weighted by Crippen LogP contribution is -2.43. The van der Waals surface area contributed by atoms with E-state index in [4.69, 9.17) is 11.5 Å². The van der Waals surface area contributed by atoms with Gasteiger partial charge in [0, 0.05) is 5.54 Å². The number of aromatic nitrogens is 2. The van der Waals surface area contributed by atoms with Crippen LogP contribution in [0.1, 0.15) is 31.3 Å². The van der Waals surface area contributed by atoms with Gasteiger partial charge in [0.1, 0.15) is 12.1 Å². The largest absolute Gasteiger partial charge is 0.383 e. The number of hydrogen-bond acceptors (Lipinski definition) is 4. The molecule has 16 heavy (non-hydrogen) atoms. The summed E-state index contributed by atoms with van der Waals surface area (Å²) in [7, 11) is 0. The highest BCUT2D eigenvalue weighted by atomic mass is 16.2. The van der Waals surface area contributed by atoms with Crippen molar-refractivity contribution in [3.63, 3.8) is 0 Å². The van der Waals surface area contributed by atoms with E-state index in [1.54, 1.807) is 0 Å². The molecule has 0 fully saturated rings. The fourth-order valence-electron chi connectivity index (χ4n) is 1.09. The number of nitrogens with one attached hydrogen (secondary N) is 1. The molecule has 88 valence electrons. The molecule has 0 aliphatic carbocycles. The first-order chi connectivity index (χ1) is 7.22. The van der Waals surface area contributed by atoms with E-state index in [9.17, 15) is 9.59 Å². The average molecular weight is 225 g/mol. The van der Waals surface area contributed by atoms with E-state index in [1.807, 2.05) is 20.8 Å². The molecule has 0 atom stereocenters. The van der Waals surface area contributed by atoms with Crippen LogP contribution in [0.2, 0.25) is 0 Å². The number of anilines is 1. The van der Waals surface area contributed by atoms with E-state index < -0.39 is 17.5 Å². The Kier molecular flexibility index (Phi) is 2.88. The maximum atomic E-state index is 11.7. The Labute approximate surface area is 92.8 Å². The van der Waals surface area contributed by atoms with Crippen LogP contribution in [-0.4, -0.2) is 27.0 Å². The van der Waals surface area contributed by atoms with Crippen LogP contribution in [0.5, 0.6) is 0 Å². The van der Waals surface area contributed by atoms with Gasteiger partial charge >= 0.3 is 6.03 Å². The lowest BCUT2D eigenvalue weighted by Gasteiger charge is -2.20. The van der Waals surface area contributed by atoms with Gasteiger partial charge in [-0.05, 0) is 20.8 Å². The first-order valence-corrected chi connectivity index (χ1v) is 4.67. The molecular formula is C9H15N5O2. The van der Waals surface area contributed by atoms with Gasteiger partial charge in [0.2, 0.25) is 0 Å². The molecule has 1 heterocycles. The van der Waals surface area contributed by atoms with Gasteiger partial charge in [-0.2, -0.15) is 0 Å². The lowest BCUT2D eigenvalue weighted by molar-refractivity contribution is 0.0997. The third-order valence-corrected chi connectivity index (χ3v) is 1.74. The van der Waals surface area contributed by atoms with Crippen molar-refractivity contribution >= 4 is 17.8 Å². The molecule has 7 heteroatoms. The molecule has 1 rings (SSSR count). The smallest absolute Gasteiger partial charge is 0.328 e. The summed E-state index contributed by atoms with van der Waals surface area (Å²) in [5, 5.41) is 2.68. The van der Waals surface area contributed by atoms with Crippen molar-refractivity contribution in [1.29, 1.82) is 0 Å². The minimum absolute atomic E-state index is 0.0609. The number of hydrogen-bond donors (Lipinski definition) is 3. The van der Waals surface area contributed by atoms with Crippen LogP contribution >= 0.6 is 0 Å². The number of amides is 2. The van der Waals surface area contributed by atoms with Gasteiger partial charge in [0.25, 0.3) is 5.91 Å². The molecule has 0 saturated carbocycles. The maximum Gasteiger partial charge on any atom is 0.328 e. The van der Waals surface area contributed by atoms with Gasteiger partial charge < -0.3 is 16.8 Å². The third kappa shape index (κ3) is 2.50. The van der Waals surface area contributed by atoms with E-state index >= 15 is 0 Å². The average Bonchev–Trinajstić information content (AvgIpc) is 2.43. The standard InChI is InChI=1S/C9H15N5O2/c1-9(2,3)13-8(16)14-4-12-5(6(14)10)7(11)15/h4H,10H2,1-3H3,(H2,11,15)(H,13,16). The van der Waals surface area contributed by atoms with Crippen molar-refractivity contribution in [1.82, 2.24) is 14.9 Å². The Morgan fingerprint density at radius 1 is 1.44 bits per heavy atom. The van der Waals surface area contributed by atoms with Crippen LogP contribution in [0.25, 0.3) is 0 Å². The number of nitrogen functional groups attached to an aromatic ring is 1. The molecule has 0 aromatic carbocycles. The van der Waals surface area contributed by atoms with E-state index in [1.165, 1.54) is 0 Å². The van der Waals surface area contributed by atoms with E-state index in [0.717, 1.165) is 10.9 Å². The minimum Gasteiger partial charge on any atom is -0.383 e. The number of imidazole rings is 1. The summed E-state index contributed by atoms with van der Waals surface area (Å²) in [6, 6.07) is -0.454. The van der Waals surface area contributed by atoms with Gasteiger partial charge in [-0.25, -0.2) is 14.3 Å². The number of carbonyl (C=O) groups excluding carboxylic acids is 2. The summed E-state index contributed by atoms with van der Waals surface area (Å²) in [4.78, 5) is 26.2. The van der Waals surface area contributed by atoms with E-state index in [0.29, 0.717) is 0 Å². The summed E-state index contributed by atoms with van der Waals surface area (Å²) in [6.07, 6.45) is 1.16. The van der Waals surface area contributed by atoms with Gasteiger partial charge in [0.15, 0.2) is 5.69 Å². The molecule has 5 N–H and O–H groups in total. The zero-order valence-corrected chi connectivity index (χ0v) is 9.44. The van der Waals surface area contributed by atoms with Crippen LogP contribution in [0.15, 0.2) is 6.33 Å². The van der Waals surface area contributed by atoms with E-state index in [-0.39, 0.29) is 11.5 Å². The third-order valence-electron chi connectivity index (χ3n) is 1.74. The van der Waals surface area contributed by atoms with Crippen LogP contribution in [0, 0.1) is 0 Å². The second kappa shape index (κ2) is 3.84. The second-order valence-corrected chi connectivity index (χ2v) is 4.39. The fourth-order valence-corrected chi connectivity index (χ4v) is 1.09. The molecular weight excluding hydrogens is 210 g/mol. The Morgan fingerprint density at radius 3 is 2.38 bits per heavy atom. The normalized spacial score (nSPS) is 11.2. The van der Waals surface area contributed by atoms with Crippen LogP contribution in [0.4, 0.5) is 10.6 Å². The lowest BCUT2D eigenvalue weighted by atomic mass is 10.1. The van der Waals surface area contributed by atoms with Gasteiger partial charge in [-0.1, -0.05) is 0 Å². The quantitative estimate of drug-likeness (QED) is 0.619. The number of nitrogens with two attached hydrogens (primary N) is 2. The number of rotatable bonds is 1.